The molecule has 0 spiro atoms. The maximum atomic E-state index is 9.52. The Morgan fingerprint density at radius 2 is 0.918 bits per heavy atom. The van der Waals surface area contributed by atoms with Crippen LogP contribution in [0.2, 0.25) is 0 Å². The molecule has 0 amide bonds. The minimum absolute atomic E-state index is 0.0114. The summed E-state index contributed by atoms with van der Waals surface area (Å²) in [5.74, 6) is 0.417. The van der Waals surface area contributed by atoms with Crippen molar-refractivity contribution in [2.24, 2.45) is 0 Å². The fourth-order valence-corrected chi connectivity index (χ4v) is 6.34. The first-order valence-electron chi connectivity index (χ1n) is 22.6. The van der Waals surface area contributed by atoms with Crippen molar-refractivity contribution in [3.63, 3.8) is 0 Å². The van der Waals surface area contributed by atoms with E-state index in [4.69, 9.17) is 30.0 Å². The quantitative estimate of drug-likeness (QED) is 0.178. The number of rotatable bonds is 6. The molecule has 0 aliphatic carbocycles. The molecule has 0 bridgehead atoms. The van der Waals surface area contributed by atoms with Crippen molar-refractivity contribution in [3.05, 3.63) is 176 Å². The van der Waals surface area contributed by atoms with Crippen LogP contribution in [0.4, 0.5) is 0 Å². The van der Waals surface area contributed by atoms with Crippen molar-refractivity contribution in [2.45, 2.75) is 0 Å². The summed E-state index contributed by atoms with van der Waals surface area (Å²) in [7, 11) is 0. The van der Waals surface area contributed by atoms with E-state index in [0.29, 0.717) is 11.1 Å². The van der Waals surface area contributed by atoms with Gasteiger partial charge >= 0.3 is 0 Å². The fourth-order valence-electron chi connectivity index (χ4n) is 5.37. The highest BCUT2D eigenvalue weighted by Gasteiger charge is 2.15. The molecule has 4 heteroatoms. The van der Waals surface area contributed by atoms with Gasteiger partial charge in [-0.15, -0.1) is 11.3 Å². The zero-order valence-electron chi connectivity index (χ0n) is 40.3. The van der Waals surface area contributed by atoms with Gasteiger partial charge in [-0.1, -0.05) is 151 Å². The Labute approximate surface area is 310 Å². The molecule has 7 aromatic carbocycles. The third kappa shape index (κ3) is 5.69. The molecule has 49 heavy (non-hydrogen) atoms. The third-order valence-electron chi connectivity index (χ3n) is 7.75. The van der Waals surface area contributed by atoms with Crippen LogP contribution in [0.3, 0.4) is 0 Å². The minimum Gasteiger partial charge on any atom is -0.208 e. The molecule has 2 heterocycles. The Hall–Kier alpha value is -6.23. The molecule has 0 fully saturated rings. The highest BCUT2D eigenvalue weighted by Crippen LogP contribution is 2.39. The lowest BCUT2D eigenvalue weighted by atomic mass is 9.99. The smallest absolute Gasteiger partial charge is 0.164 e. The molecular weight excluding hydrogens is 615 g/mol. The second-order valence-electron chi connectivity index (χ2n) is 10.9. The summed E-state index contributed by atoms with van der Waals surface area (Å²) in [6.45, 7) is 0. The Morgan fingerprint density at radius 1 is 0.367 bits per heavy atom. The minimum atomic E-state index is -0.804. The van der Waals surface area contributed by atoms with Gasteiger partial charge in [-0.3, -0.25) is 0 Å². The summed E-state index contributed by atoms with van der Waals surface area (Å²) in [6.07, 6.45) is 0. The van der Waals surface area contributed by atoms with Crippen molar-refractivity contribution >= 4 is 31.5 Å². The van der Waals surface area contributed by atoms with Gasteiger partial charge in [0, 0.05) is 36.9 Å². The number of benzene rings is 7. The first-order chi connectivity index (χ1) is 30.5. The third-order valence-corrected chi connectivity index (χ3v) is 8.77. The zero-order valence-corrected chi connectivity index (χ0v) is 26.1. The summed E-state index contributed by atoms with van der Waals surface area (Å²) in [4.78, 5) is 14.3. The van der Waals surface area contributed by atoms with E-state index < -0.39 is 107 Å². The number of nitrogens with zero attached hydrogens (tertiary/aromatic N) is 3. The van der Waals surface area contributed by atoms with Crippen LogP contribution in [-0.2, 0) is 0 Å². The van der Waals surface area contributed by atoms with Gasteiger partial charge in [-0.2, -0.15) is 0 Å². The van der Waals surface area contributed by atoms with Gasteiger partial charge in [-0.05, 0) is 57.6 Å². The molecular formula is C45H29N3S. The van der Waals surface area contributed by atoms with Crippen molar-refractivity contribution < 1.29 is 20.6 Å². The summed E-state index contributed by atoms with van der Waals surface area (Å²) in [6, 6.07) is 16.6. The number of fused-ring (bicyclic) bond motifs is 3. The van der Waals surface area contributed by atoms with Gasteiger partial charge in [0.05, 0.1) is 20.6 Å². The van der Waals surface area contributed by atoms with Gasteiger partial charge in [0.2, 0.25) is 0 Å². The normalized spacial score (nSPS) is 15.6. The predicted molar refractivity (Wildman–Crippen MR) is 205 cm³/mol. The van der Waals surface area contributed by atoms with Crippen LogP contribution in [0.1, 0.15) is 20.6 Å². The van der Waals surface area contributed by atoms with E-state index in [1.807, 2.05) is 72.8 Å². The van der Waals surface area contributed by atoms with Crippen LogP contribution in [0.15, 0.2) is 176 Å². The fraction of sp³-hybridized carbons (Fsp3) is 0. The summed E-state index contributed by atoms with van der Waals surface area (Å²) in [5, 5.41) is -0.183. The maximum absolute atomic E-state index is 9.52. The standard InChI is InChI=1S/C45H29N3S/c1-4-11-30(12-5-1)32-19-21-33(22-20-32)36-24-26-41-40(28-36)39-25-23-38(29-42(39)49-41)45-47-43(34-15-8-3-9-16-34)46-44(48-45)37-18-10-17-35(27-37)31-13-6-2-7-14-31/h1-29H/i1D,4D,5D,11D,12D,19D,20D,21D,22D,23D,24D,25D,26D,28D,29D. The lowest BCUT2D eigenvalue weighted by molar-refractivity contribution is 1.07. The van der Waals surface area contributed by atoms with Gasteiger partial charge in [-0.25, -0.2) is 15.0 Å². The van der Waals surface area contributed by atoms with E-state index in [1.54, 1.807) is 12.1 Å². The van der Waals surface area contributed by atoms with Crippen molar-refractivity contribution in [2.75, 3.05) is 0 Å². The van der Waals surface area contributed by atoms with Crippen molar-refractivity contribution in [1.82, 2.24) is 15.0 Å². The summed E-state index contributed by atoms with van der Waals surface area (Å²) in [5.41, 5.74) is 0.803. The van der Waals surface area contributed by atoms with Gasteiger partial charge in [0.15, 0.2) is 17.5 Å². The van der Waals surface area contributed by atoms with Gasteiger partial charge in [0.1, 0.15) is 0 Å². The van der Waals surface area contributed by atoms with E-state index in [1.165, 1.54) is 0 Å². The molecule has 0 saturated carbocycles. The van der Waals surface area contributed by atoms with E-state index in [-0.39, 0.29) is 49.3 Å². The SMILES string of the molecule is [2H]c1c([2H])c([2H])c(-c2c([2H])c([2H])c(-c3c([2H])c([2H])c4sc5c([2H])c(-c6nc(-c7ccccc7)nc(-c7cccc(-c8ccccc8)c7)n6)c([2H])c([2H])c5c4c3[2H])c([2H])c2[2H])c([2H])c1[2H]. The van der Waals surface area contributed by atoms with Gasteiger partial charge < -0.3 is 0 Å². The lowest BCUT2D eigenvalue weighted by Gasteiger charge is -2.10. The van der Waals surface area contributed by atoms with E-state index in [9.17, 15) is 5.48 Å². The maximum Gasteiger partial charge on any atom is 0.164 e. The first kappa shape index (κ1) is 17.3. The molecule has 0 radical (unpaired) electrons. The van der Waals surface area contributed by atoms with Crippen LogP contribution in [-0.4, -0.2) is 15.0 Å². The average molecular weight is 659 g/mol. The molecule has 0 saturated heterocycles. The zero-order chi connectivity index (χ0) is 45.6. The Kier molecular flexibility index (Phi) is 4.37. The number of hydrogen-bond acceptors (Lipinski definition) is 4. The van der Waals surface area contributed by atoms with Crippen LogP contribution < -0.4 is 0 Å². The Bertz CT molecular complexity index is 3390. The van der Waals surface area contributed by atoms with Gasteiger partial charge in [0.25, 0.3) is 0 Å². The molecule has 0 aliphatic rings. The highest BCUT2D eigenvalue weighted by atomic mass is 32.1. The second-order valence-corrected chi connectivity index (χ2v) is 11.9. The van der Waals surface area contributed by atoms with Crippen LogP contribution in [0.25, 0.3) is 87.7 Å². The molecule has 0 N–H and O–H groups in total. The molecule has 230 valence electrons. The predicted octanol–water partition coefficient (Wildman–Crippen LogP) is 12.2. The Balaban J connectivity index is 1.27. The number of aromatic nitrogens is 3. The summed E-state index contributed by atoms with van der Waals surface area (Å²) < 4.78 is 133. The second kappa shape index (κ2) is 12.4. The largest absolute Gasteiger partial charge is 0.208 e. The van der Waals surface area contributed by atoms with Crippen molar-refractivity contribution in [1.29, 1.82) is 0 Å². The molecule has 9 rings (SSSR count). The lowest BCUT2D eigenvalue weighted by Crippen LogP contribution is -2.00. The van der Waals surface area contributed by atoms with Crippen LogP contribution in [0.5, 0.6) is 0 Å². The van der Waals surface area contributed by atoms with E-state index >= 15 is 0 Å². The molecule has 0 unspecified atom stereocenters. The number of hydrogen-bond donors (Lipinski definition) is 0. The topological polar surface area (TPSA) is 38.7 Å². The Morgan fingerprint density at radius 3 is 1.65 bits per heavy atom. The number of thiophene rings is 1. The average Bonchev–Trinajstić information content (AvgIpc) is 3.73. The monoisotopic (exact) mass is 658 g/mol. The molecule has 0 atom stereocenters. The molecule has 9 aromatic rings. The van der Waals surface area contributed by atoms with Crippen LogP contribution >= 0.6 is 11.3 Å². The highest BCUT2D eigenvalue weighted by molar-refractivity contribution is 7.25. The van der Waals surface area contributed by atoms with Crippen LogP contribution in [0, 0.1) is 0 Å². The van der Waals surface area contributed by atoms with E-state index in [0.717, 1.165) is 22.5 Å². The molecule has 0 aliphatic heterocycles. The molecule has 3 nitrogen and oxygen atoms in total. The summed E-state index contributed by atoms with van der Waals surface area (Å²) >= 11 is 0.851. The van der Waals surface area contributed by atoms with E-state index in [2.05, 4.69) is 0 Å². The van der Waals surface area contributed by atoms with Crippen molar-refractivity contribution in [3.8, 4) is 67.5 Å². The first-order valence-corrected chi connectivity index (χ1v) is 16.0. The molecule has 2 aromatic heterocycles.